The number of nitrogens with zero attached hydrogens (tertiary/aromatic N) is 2. The quantitative estimate of drug-likeness (QED) is 0.847. The average Bonchev–Trinajstić information content (AvgIpc) is 3.25. The molecule has 1 aromatic heterocycles. The van der Waals surface area contributed by atoms with Crippen molar-refractivity contribution in [3.8, 4) is 0 Å². The van der Waals surface area contributed by atoms with E-state index in [1.807, 2.05) is 6.92 Å². The molecule has 3 heterocycles. The predicted molar refractivity (Wildman–Crippen MR) is 92.9 cm³/mol. The van der Waals surface area contributed by atoms with E-state index in [4.69, 9.17) is 0 Å². The second kappa shape index (κ2) is 6.37. The van der Waals surface area contributed by atoms with Gasteiger partial charge in [0, 0.05) is 24.5 Å². The van der Waals surface area contributed by atoms with Crippen LogP contribution in [0.15, 0.2) is 16.3 Å². The number of hydrogen-bond donors (Lipinski definition) is 1. The fraction of sp³-hybridized carbons (Fsp3) is 0.625. The zero-order valence-electron chi connectivity index (χ0n) is 14.3. The van der Waals surface area contributed by atoms with Gasteiger partial charge in [-0.3, -0.25) is 9.59 Å². The number of thiophene rings is 1. The lowest BCUT2D eigenvalue weighted by atomic mass is 9.90. The fourth-order valence-corrected chi connectivity index (χ4v) is 6.54. The number of carbonyl (C=O) groups excluding carboxylic acids is 1. The van der Waals surface area contributed by atoms with Crippen LogP contribution in [0.1, 0.15) is 31.1 Å². The van der Waals surface area contributed by atoms with Gasteiger partial charge in [-0.15, -0.1) is 11.3 Å². The summed E-state index contributed by atoms with van der Waals surface area (Å²) in [6.07, 6.45) is 1.49. The second-order valence-electron chi connectivity index (χ2n) is 7.01. The Kier molecular flexibility index (Phi) is 4.67. The van der Waals surface area contributed by atoms with Gasteiger partial charge in [-0.1, -0.05) is 0 Å². The van der Waals surface area contributed by atoms with Crippen LogP contribution in [0.2, 0.25) is 0 Å². The number of rotatable bonds is 4. The molecule has 138 valence electrons. The summed E-state index contributed by atoms with van der Waals surface area (Å²) in [5.74, 6) is -1.20. The molecule has 0 aliphatic carbocycles. The summed E-state index contributed by atoms with van der Waals surface area (Å²) in [5.41, 5.74) is -0.956. The van der Waals surface area contributed by atoms with Crippen LogP contribution in [-0.2, 0) is 19.6 Å². The van der Waals surface area contributed by atoms with E-state index in [2.05, 4.69) is 0 Å². The Labute approximate surface area is 151 Å². The van der Waals surface area contributed by atoms with Crippen molar-refractivity contribution in [2.45, 2.75) is 43.4 Å². The molecular weight excluding hydrogens is 364 g/mol. The first kappa shape index (κ1) is 18.3. The molecule has 0 spiro atoms. The lowest BCUT2D eigenvalue weighted by Gasteiger charge is -2.27. The molecule has 7 nitrogen and oxygen atoms in total. The molecular formula is C16H22N2O5S2. The van der Waals surface area contributed by atoms with Gasteiger partial charge in [-0.05, 0) is 45.2 Å². The third-order valence-electron chi connectivity index (χ3n) is 5.07. The molecule has 2 unspecified atom stereocenters. The molecule has 25 heavy (non-hydrogen) atoms. The van der Waals surface area contributed by atoms with Gasteiger partial charge in [-0.25, -0.2) is 8.42 Å². The molecule has 0 aromatic carbocycles. The van der Waals surface area contributed by atoms with Gasteiger partial charge in [-0.2, -0.15) is 4.31 Å². The normalized spacial score (nSPS) is 27.8. The van der Waals surface area contributed by atoms with Crippen molar-refractivity contribution in [3.05, 3.63) is 17.0 Å². The summed E-state index contributed by atoms with van der Waals surface area (Å²) >= 11 is 1.20. The summed E-state index contributed by atoms with van der Waals surface area (Å²) in [4.78, 5) is 26.7. The van der Waals surface area contributed by atoms with Crippen molar-refractivity contribution >= 4 is 33.2 Å². The minimum atomic E-state index is -3.70. The first-order chi connectivity index (χ1) is 11.6. The lowest BCUT2D eigenvalue weighted by molar-refractivity contribution is -0.147. The number of hydrogen-bond acceptors (Lipinski definition) is 5. The van der Waals surface area contributed by atoms with Gasteiger partial charge in [0.1, 0.15) is 10.3 Å². The van der Waals surface area contributed by atoms with Gasteiger partial charge >= 0.3 is 5.97 Å². The van der Waals surface area contributed by atoms with Crippen LogP contribution in [0.4, 0.5) is 0 Å². The maximum absolute atomic E-state index is 12.9. The number of carboxylic acid groups (broad SMARTS) is 1. The number of aliphatic carboxylic acids is 1. The lowest BCUT2D eigenvalue weighted by Crippen LogP contribution is -2.47. The summed E-state index contributed by atoms with van der Waals surface area (Å²) in [7, 11) is -3.70. The van der Waals surface area contributed by atoms with E-state index < -0.39 is 27.4 Å². The molecule has 2 atom stereocenters. The van der Waals surface area contributed by atoms with E-state index in [0.717, 1.165) is 4.88 Å². The largest absolute Gasteiger partial charge is 0.481 e. The van der Waals surface area contributed by atoms with Crippen molar-refractivity contribution in [2.24, 2.45) is 5.41 Å². The Bertz CT molecular complexity index is 803. The van der Waals surface area contributed by atoms with Crippen LogP contribution in [0.3, 0.4) is 0 Å². The Hall–Kier alpha value is -1.45. The van der Waals surface area contributed by atoms with Gasteiger partial charge in [0.25, 0.3) is 10.0 Å². The van der Waals surface area contributed by atoms with Gasteiger partial charge in [0.2, 0.25) is 5.91 Å². The van der Waals surface area contributed by atoms with Gasteiger partial charge < -0.3 is 10.0 Å². The second-order valence-corrected chi connectivity index (χ2v) is 10.4. The predicted octanol–water partition coefficient (Wildman–Crippen LogP) is 1.53. The smallest absolute Gasteiger partial charge is 0.311 e. The highest BCUT2D eigenvalue weighted by Crippen LogP contribution is 2.34. The van der Waals surface area contributed by atoms with Gasteiger partial charge in [0.15, 0.2) is 0 Å². The molecule has 9 heteroatoms. The monoisotopic (exact) mass is 386 g/mol. The summed E-state index contributed by atoms with van der Waals surface area (Å²) in [5, 5.41) is 9.33. The van der Waals surface area contributed by atoms with Crippen molar-refractivity contribution < 1.29 is 23.1 Å². The van der Waals surface area contributed by atoms with Crippen molar-refractivity contribution in [2.75, 3.05) is 19.6 Å². The number of likely N-dealkylation sites (tertiary alicyclic amines) is 1. The average molecular weight is 386 g/mol. The Balaban J connectivity index is 1.80. The maximum Gasteiger partial charge on any atom is 0.311 e. The number of carboxylic acids is 1. The highest BCUT2D eigenvalue weighted by atomic mass is 32.2. The van der Waals surface area contributed by atoms with E-state index in [-0.39, 0.29) is 16.7 Å². The van der Waals surface area contributed by atoms with Crippen molar-refractivity contribution in [3.63, 3.8) is 0 Å². The number of carbonyl (C=O) groups is 2. The zero-order valence-corrected chi connectivity index (χ0v) is 15.9. The Morgan fingerprint density at radius 1 is 1.32 bits per heavy atom. The molecule has 1 aromatic rings. The van der Waals surface area contributed by atoms with E-state index in [1.54, 1.807) is 19.1 Å². The zero-order chi connectivity index (χ0) is 18.4. The minimum Gasteiger partial charge on any atom is -0.481 e. The summed E-state index contributed by atoms with van der Waals surface area (Å²) < 4.78 is 27.3. The molecule has 2 aliphatic rings. The van der Waals surface area contributed by atoms with E-state index in [1.165, 1.54) is 20.5 Å². The summed E-state index contributed by atoms with van der Waals surface area (Å²) in [6, 6.07) is 2.60. The third kappa shape index (κ3) is 3.20. The van der Waals surface area contributed by atoms with Crippen LogP contribution >= 0.6 is 11.3 Å². The molecule has 2 fully saturated rings. The van der Waals surface area contributed by atoms with E-state index >= 15 is 0 Å². The van der Waals surface area contributed by atoms with Crippen LogP contribution in [0.5, 0.6) is 0 Å². The highest BCUT2D eigenvalue weighted by Gasteiger charge is 2.47. The molecule has 2 saturated heterocycles. The number of sulfonamides is 1. The molecule has 1 N–H and O–H groups in total. The van der Waals surface area contributed by atoms with Crippen LogP contribution in [-0.4, -0.2) is 60.3 Å². The van der Waals surface area contributed by atoms with Gasteiger partial charge in [0.05, 0.1) is 5.41 Å². The molecule has 0 radical (unpaired) electrons. The topological polar surface area (TPSA) is 95.0 Å². The fourth-order valence-electron chi connectivity index (χ4n) is 3.48. The van der Waals surface area contributed by atoms with Crippen LogP contribution in [0.25, 0.3) is 0 Å². The van der Waals surface area contributed by atoms with Crippen molar-refractivity contribution in [1.82, 2.24) is 9.21 Å². The molecule has 0 saturated carbocycles. The number of amides is 1. The minimum absolute atomic E-state index is 0.129. The molecule has 1 amide bonds. The molecule has 2 aliphatic heterocycles. The maximum atomic E-state index is 12.9. The molecule has 0 bridgehead atoms. The first-order valence-electron chi connectivity index (χ1n) is 8.26. The Morgan fingerprint density at radius 2 is 2.04 bits per heavy atom. The standard InChI is InChI=1S/C16H22N2O5S2/c1-11-5-6-13(24-11)25(22,23)18-8-3-4-12(18)14(19)17-9-7-16(2,10-17)15(20)21/h5-6,12H,3-4,7-10H2,1-2H3,(H,20,21). The van der Waals surface area contributed by atoms with Crippen LogP contribution < -0.4 is 0 Å². The Morgan fingerprint density at radius 3 is 2.60 bits per heavy atom. The van der Waals surface area contributed by atoms with E-state index in [9.17, 15) is 23.1 Å². The van der Waals surface area contributed by atoms with Crippen molar-refractivity contribution in [1.29, 1.82) is 0 Å². The SMILES string of the molecule is Cc1ccc(S(=O)(=O)N2CCCC2C(=O)N2CCC(C)(C(=O)O)C2)s1. The number of aryl methyl sites for hydroxylation is 1. The first-order valence-corrected chi connectivity index (χ1v) is 10.5. The molecule has 3 rings (SSSR count). The highest BCUT2D eigenvalue weighted by molar-refractivity contribution is 7.91. The third-order valence-corrected chi connectivity index (χ3v) is 8.44. The summed E-state index contributed by atoms with van der Waals surface area (Å²) in [6.45, 7) is 4.26. The van der Waals surface area contributed by atoms with Crippen LogP contribution in [0, 0.1) is 12.3 Å². The van der Waals surface area contributed by atoms with E-state index in [0.29, 0.717) is 32.4 Å².